The first-order valence-electron chi connectivity index (χ1n) is 13.6. The number of nitrogens with zero attached hydrogens (tertiary/aromatic N) is 2. The van der Waals surface area contributed by atoms with Crippen LogP contribution in [0.15, 0.2) is 54.6 Å². The van der Waals surface area contributed by atoms with Crippen LogP contribution < -0.4 is 10.6 Å². The minimum absolute atomic E-state index is 0.0482. The van der Waals surface area contributed by atoms with Crippen molar-refractivity contribution in [3.05, 3.63) is 60.2 Å². The Labute approximate surface area is 230 Å². The van der Waals surface area contributed by atoms with Crippen LogP contribution in [0.1, 0.15) is 51.6 Å². The van der Waals surface area contributed by atoms with E-state index in [0.717, 1.165) is 32.0 Å². The summed E-state index contributed by atoms with van der Waals surface area (Å²) < 4.78 is 0. The summed E-state index contributed by atoms with van der Waals surface area (Å²) in [5, 5.41) is 16.1. The zero-order valence-corrected chi connectivity index (χ0v) is 23.1. The number of hydrogen-bond donors (Lipinski definition) is 3. The third-order valence-electron chi connectivity index (χ3n) is 7.10. The van der Waals surface area contributed by atoms with Gasteiger partial charge in [0.15, 0.2) is 0 Å². The van der Waals surface area contributed by atoms with Crippen LogP contribution in [0.4, 0.5) is 0 Å². The zero-order chi connectivity index (χ0) is 28.4. The van der Waals surface area contributed by atoms with Crippen LogP contribution in [-0.4, -0.2) is 77.4 Å². The Balaban J connectivity index is 1.58. The van der Waals surface area contributed by atoms with Gasteiger partial charge in [-0.05, 0) is 42.0 Å². The number of nitrogens with one attached hydrogen (secondary N) is 2. The van der Waals surface area contributed by atoms with E-state index in [1.54, 1.807) is 4.90 Å². The fourth-order valence-electron chi connectivity index (χ4n) is 5.07. The maximum Gasteiger partial charge on any atom is 0.328 e. The van der Waals surface area contributed by atoms with Gasteiger partial charge < -0.3 is 20.6 Å². The number of carboxylic acid groups (broad SMARTS) is 1. The number of piperidine rings is 1. The second-order valence-corrected chi connectivity index (χ2v) is 10.5. The molecule has 2 aromatic carbocycles. The molecule has 1 saturated heterocycles. The number of rotatable bonds is 12. The Morgan fingerprint density at radius 1 is 1.00 bits per heavy atom. The van der Waals surface area contributed by atoms with Gasteiger partial charge in [-0.15, -0.1) is 0 Å². The molecule has 0 radical (unpaired) electrons. The van der Waals surface area contributed by atoms with Crippen LogP contribution in [0.3, 0.4) is 0 Å². The van der Waals surface area contributed by atoms with E-state index in [4.69, 9.17) is 5.11 Å². The smallest absolute Gasteiger partial charge is 0.328 e. The molecule has 1 aliphatic heterocycles. The SMILES string of the molecule is CC(C)CC(=O)N(CC(=O)NCC(=O)NC/C=C/C(=O)O)C1CCN([C@H](C)c2cccc3ccccc23)CC1. The number of aliphatic carboxylic acids is 1. The Hall–Kier alpha value is -3.72. The molecule has 0 aromatic heterocycles. The molecule has 1 aliphatic rings. The van der Waals surface area contributed by atoms with Gasteiger partial charge in [0.05, 0.1) is 13.1 Å². The van der Waals surface area contributed by atoms with Crippen molar-refractivity contribution in [2.45, 2.75) is 52.1 Å². The quantitative estimate of drug-likeness (QED) is 0.359. The van der Waals surface area contributed by atoms with Gasteiger partial charge >= 0.3 is 5.97 Å². The normalized spacial score (nSPS) is 15.4. The van der Waals surface area contributed by atoms with Gasteiger partial charge in [0, 0.05) is 44.2 Å². The second-order valence-electron chi connectivity index (χ2n) is 10.5. The van der Waals surface area contributed by atoms with E-state index in [1.165, 1.54) is 22.4 Å². The van der Waals surface area contributed by atoms with E-state index in [0.29, 0.717) is 6.42 Å². The van der Waals surface area contributed by atoms with E-state index in [1.807, 2.05) is 19.9 Å². The lowest BCUT2D eigenvalue weighted by atomic mass is 9.95. The lowest BCUT2D eigenvalue weighted by molar-refractivity contribution is -0.140. The van der Waals surface area contributed by atoms with Crippen LogP contribution in [-0.2, 0) is 19.2 Å². The lowest BCUT2D eigenvalue weighted by Crippen LogP contribution is -2.51. The third-order valence-corrected chi connectivity index (χ3v) is 7.10. The van der Waals surface area contributed by atoms with Crippen LogP contribution in [0.25, 0.3) is 10.8 Å². The second kappa shape index (κ2) is 14.4. The summed E-state index contributed by atoms with van der Waals surface area (Å²) in [4.78, 5) is 52.4. The fourth-order valence-corrected chi connectivity index (χ4v) is 5.07. The van der Waals surface area contributed by atoms with Gasteiger partial charge in [-0.25, -0.2) is 4.79 Å². The average molecular weight is 537 g/mol. The van der Waals surface area contributed by atoms with Crippen molar-refractivity contribution in [2.75, 3.05) is 32.7 Å². The Kier molecular flexibility index (Phi) is 11.0. The zero-order valence-electron chi connectivity index (χ0n) is 23.1. The molecule has 3 amide bonds. The molecule has 210 valence electrons. The first kappa shape index (κ1) is 29.8. The molecular weight excluding hydrogens is 496 g/mol. The molecule has 2 aromatic rings. The molecule has 9 heteroatoms. The maximum atomic E-state index is 13.1. The maximum absolute atomic E-state index is 13.1. The van der Waals surface area contributed by atoms with Crippen molar-refractivity contribution in [1.29, 1.82) is 0 Å². The number of carbonyl (C=O) groups is 4. The van der Waals surface area contributed by atoms with E-state index >= 15 is 0 Å². The van der Waals surface area contributed by atoms with Gasteiger partial charge in [-0.3, -0.25) is 19.3 Å². The lowest BCUT2D eigenvalue weighted by Gasteiger charge is -2.41. The third kappa shape index (κ3) is 8.92. The highest BCUT2D eigenvalue weighted by Crippen LogP contribution is 2.31. The number of likely N-dealkylation sites (tertiary alicyclic amines) is 1. The molecule has 0 bridgehead atoms. The van der Waals surface area contributed by atoms with E-state index in [9.17, 15) is 19.2 Å². The summed E-state index contributed by atoms with van der Waals surface area (Å²) in [5.74, 6) is -1.82. The number of carbonyl (C=O) groups excluding carboxylic acids is 3. The Morgan fingerprint density at radius 2 is 1.69 bits per heavy atom. The topological polar surface area (TPSA) is 119 Å². The number of carboxylic acids is 1. The number of fused-ring (bicyclic) bond motifs is 1. The molecule has 9 nitrogen and oxygen atoms in total. The highest BCUT2D eigenvalue weighted by molar-refractivity contribution is 5.89. The van der Waals surface area contributed by atoms with Crippen molar-refractivity contribution in [1.82, 2.24) is 20.4 Å². The monoisotopic (exact) mass is 536 g/mol. The van der Waals surface area contributed by atoms with Crippen molar-refractivity contribution in [3.8, 4) is 0 Å². The summed E-state index contributed by atoms with van der Waals surface area (Å²) in [5.41, 5.74) is 1.29. The van der Waals surface area contributed by atoms with Crippen LogP contribution >= 0.6 is 0 Å². The molecule has 0 unspecified atom stereocenters. The predicted molar refractivity (Wildman–Crippen MR) is 151 cm³/mol. The van der Waals surface area contributed by atoms with Gasteiger partial charge in [0.2, 0.25) is 17.7 Å². The van der Waals surface area contributed by atoms with Crippen molar-refractivity contribution in [2.24, 2.45) is 5.92 Å². The minimum Gasteiger partial charge on any atom is -0.478 e. The Morgan fingerprint density at radius 3 is 2.38 bits per heavy atom. The first-order chi connectivity index (χ1) is 18.7. The molecule has 1 atom stereocenters. The average Bonchev–Trinajstić information content (AvgIpc) is 2.91. The highest BCUT2D eigenvalue weighted by Gasteiger charge is 2.31. The molecule has 0 saturated carbocycles. The van der Waals surface area contributed by atoms with Crippen molar-refractivity contribution < 1.29 is 24.3 Å². The highest BCUT2D eigenvalue weighted by atomic mass is 16.4. The summed E-state index contributed by atoms with van der Waals surface area (Å²) in [7, 11) is 0. The minimum atomic E-state index is -1.10. The number of benzene rings is 2. The molecule has 1 fully saturated rings. The predicted octanol–water partition coefficient (Wildman–Crippen LogP) is 3.11. The van der Waals surface area contributed by atoms with Crippen molar-refractivity contribution >= 4 is 34.5 Å². The van der Waals surface area contributed by atoms with Gasteiger partial charge in [-0.2, -0.15) is 0 Å². The molecule has 0 spiro atoms. The molecule has 3 rings (SSSR count). The van der Waals surface area contributed by atoms with E-state index in [-0.39, 0.29) is 43.5 Å². The first-order valence-corrected chi connectivity index (χ1v) is 13.6. The summed E-state index contributed by atoms with van der Waals surface area (Å²) in [6.45, 7) is 7.52. The molecular formula is C30H40N4O5. The largest absolute Gasteiger partial charge is 0.478 e. The van der Waals surface area contributed by atoms with Crippen LogP contribution in [0.5, 0.6) is 0 Å². The molecule has 1 heterocycles. The molecule has 0 aliphatic carbocycles. The molecule has 39 heavy (non-hydrogen) atoms. The summed E-state index contributed by atoms with van der Waals surface area (Å²) >= 11 is 0. The number of hydrogen-bond acceptors (Lipinski definition) is 5. The van der Waals surface area contributed by atoms with Gasteiger partial charge in [0.1, 0.15) is 0 Å². The van der Waals surface area contributed by atoms with Gasteiger partial charge in [0.25, 0.3) is 0 Å². The number of amides is 3. The van der Waals surface area contributed by atoms with Crippen LogP contribution in [0.2, 0.25) is 0 Å². The standard InChI is InChI=1S/C30H40N4O5/c1-21(2)18-29(37)34(20-28(36)32-19-27(35)31-15-7-12-30(38)39)24-13-16-33(17-14-24)22(3)25-11-6-9-23-8-4-5-10-26(23)25/h4-12,21-22,24H,13-20H2,1-3H3,(H,31,35)(H,32,36)(H,38,39)/b12-7+/t22-/m1/s1. The summed E-state index contributed by atoms with van der Waals surface area (Å²) in [6.07, 6.45) is 4.13. The van der Waals surface area contributed by atoms with Crippen LogP contribution in [0, 0.1) is 5.92 Å². The van der Waals surface area contributed by atoms with Gasteiger partial charge in [-0.1, -0.05) is 62.4 Å². The fraction of sp³-hybridized carbons (Fsp3) is 0.467. The van der Waals surface area contributed by atoms with E-state index < -0.39 is 17.8 Å². The molecule has 3 N–H and O–H groups in total. The Bertz CT molecular complexity index is 1180. The van der Waals surface area contributed by atoms with Crippen molar-refractivity contribution in [3.63, 3.8) is 0 Å². The summed E-state index contributed by atoms with van der Waals surface area (Å²) in [6, 6.07) is 15.0. The van der Waals surface area contributed by atoms with E-state index in [2.05, 4.69) is 58.9 Å².